The molecule has 9 heteroatoms. The van der Waals surface area contributed by atoms with Crippen molar-refractivity contribution in [3.05, 3.63) is 95.6 Å². The van der Waals surface area contributed by atoms with Crippen LogP contribution in [0, 0.1) is 6.92 Å². The Labute approximate surface area is 238 Å². The van der Waals surface area contributed by atoms with Crippen LogP contribution in [0.25, 0.3) is 0 Å². The molecule has 40 heavy (non-hydrogen) atoms. The van der Waals surface area contributed by atoms with Gasteiger partial charge >= 0.3 is 0 Å². The van der Waals surface area contributed by atoms with E-state index in [1.54, 1.807) is 24.3 Å². The van der Waals surface area contributed by atoms with Crippen molar-refractivity contribution in [3.63, 3.8) is 0 Å². The highest BCUT2D eigenvalue weighted by molar-refractivity contribution is 7.92. The van der Waals surface area contributed by atoms with E-state index in [0.29, 0.717) is 18.0 Å². The second-order valence-corrected chi connectivity index (χ2v) is 11.7. The standard InChI is InChI=1S/C31H39N3O5S/c1-5-6-19-32-31(36)29(20-25-11-8-7-9-12-25)33(22-26-17-15-24(2)16-18-26)30(35)23-34(40(4,37)38)27-13-10-14-28(21-27)39-3/h7-18,21,29H,5-6,19-20,22-23H2,1-4H3,(H,32,36)/t29-/m1/s1. The Kier molecular flexibility index (Phi) is 11.1. The van der Waals surface area contributed by atoms with E-state index >= 15 is 0 Å². The van der Waals surface area contributed by atoms with Gasteiger partial charge in [0.05, 0.1) is 19.1 Å². The summed E-state index contributed by atoms with van der Waals surface area (Å²) in [4.78, 5) is 29.2. The van der Waals surface area contributed by atoms with E-state index in [2.05, 4.69) is 5.32 Å². The highest BCUT2D eigenvalue weighted by Gasteiger charge is 2.33. The average molecular weight is 566 g/mol. The zero-order valence-electron chi connectivity index (χ0n) is 23.7. The number of carbonyl (C=O) groups excluding carboxylic acids is 2. The van der Waals surface area contributed by atoms with Gasteiger partial charge in [0.2, 0.25) is 21.8 Å². The van der Waals surface area contributed by atoms with Crippen LogP contribution in [0.15, 0.2) is 78.9 Å². The van der Waals surface area contributed by atoms with E-state index in [-0.39, 0.29) is 18.9 Å². The molecular formula is C31H39N3O5S. The van der Waals surface area contributed by atoms with Crippen LogP contribution in [0.1, 0.15) is 36.5 Å². The molecule has 3 aromatic rings. The van der Waals surface area contributed by atoms with Crippen molar-refractivity contribution >= 4 is 27.5 Å². The molecule has 3 aromatic carbocycles. The summed E-state index contributed by atoms with van der Waals surface area (Å²) in [6, 6.07) is 22.9. The quantitative estimate of drug-likeness (QED) is 0.294. The summed E-state index contributed by atoms with van der Waals surface area (Å²) in [5.74, 6) is -0.294. The molecule has 0 aliphatic carbocycles. The second-order valence-electron chi connectivity index (χ2n) is 9.83. The molecule has 1 atom stereocenters. The van der Waals surface area contributed by atoms with E-state index in [1.165, 1.54) is 12.0 Å². The molecule has 0 spiro atoms. The summed E-state index contributed by atoms with van der Waals surface area (Å²) in [5, 5.41) is 2.98. The van der Waals surface area contributed by atoms with E-state index in [4.69, 9.17) is 4.74 Å². The fourth-order valence-electron chi connectivity index (χ4n) is 4.33. The molecule has 0 saturated carbocycles. The molecular weight excluding hydrogens is 526 g/mol. The van der Waals surface area contributed by atoms with E-state index < -0.39 is 28.5 Å². The van der Waals surface area contributed by atoms with Crippen molar-refractivity contribution in [3.8, 4) is 5.75 Å². The van der Waals surface area contributed by atoms with Gasteiger partial charge in [-0.25, -0.2) is 8.42 Å². The highest BCUT2D eigenvalue weighted by atomic mass is 32.2. The van der Waals surface area contributed by atoms with Crippen LogP contribution >= 0.6 is 0 Å². The van der Waals surface area contributed by atoms with Gasteiger partial charge in [-0.2, -0.15) is 0 Å². The molecule has 1 N–H and O–H groups in total. The smallest absolute Gasteiger partial charge is 0.244 e. The molecule has 0 unspecified atom stereocenters. The predicted octanol–water partition coefficient (Wildman–Crippen LogP) is 4.33. The zero-order chi connectivity index (χ0) is 29.1. The summed E-state index contributed by atoms with van der Waals surface area (Å²) in [5.41, 5.74) is 3.11. The number of anilines is 1. The molecule has 0 aliphatic rings. The Morgan fingerprint density at radius 1 is 0.950 bits per heavy atom. The summed E-state index contributed by atoms with van der Waals surface area (Å²) in [6.45, 7) is 4.19. The number of rotatable bonds is 14. The molecule has 0 heterocycles. The largest absolute Gasteiger partial charge is 0.497 e. The second kappa shape index (κ2) is 14.5. The Balaban J connectivity index is 2.03. The molecule has 3 rings (SSSR count). The predicted molar refractivity (Wildman–Crippen MR) is 159 cm³/mol. The molecule has 0 bridgehead atoms. The third kappa shape index (κ3) is 8.84. The lowest BCUT2D eigenvalue weighted by Gasteiger charge is -2.33. The van der Waals surface area contributed by atoms with Gasteiger partial charge in [-0.1, -0.05) is 79.6 Å². The number of carbonyl (C=O) groups is 2. The van der Waals surface area contributed by atoms with Gasteiger partial charge in [0.1, 0.15) is 18.3 Å². The Hall–Kier alpha value is -3.85. The lowest BCUT2D eigenvalue weighted by molar-refractivity contribution is -0.140. The molecule has 2 amide bonds. The van der Waals surface area contributed by atoms with Gasteiger partial charge < -0.3 is 15.0 Å². The first kappa shape index (κ1) is 30.7. The molecule has 0 aliphatic heterocycles. The minimum atomic E-state index is -3.84. The minimum Gasteiger partial charge on any atom is -0.497 e. The van der Waals surface area contributed by atoms with Crippen LogP contribution in [0.3, 0.4) is 0 Å². The van der Waals surface area contributed by atoms with Crippen LogP contribution in [-0.4, -0.2) is 57.6 Å². The van der Waals surface area contributed by atoms with E-state index in [9.17, 15) is 18.0 Å². The lowest BCUT2D eigenvalue weighted by atomic mass is 10.0. The zero-order valence-corrected chi connectivity index (χ0v) is 24.5. The first-order valence-corrected chi connectivity index (χ1v) is 15.3. The van der Waals surface area contributed by atoms with Crippen LogP contribution in [0.4, 0.5) is 5.69 Å². The van der Waals surface area contributed by atoms with Crippen molar-refractivity contribution in [1.29, 1.82) is 0 Å². The fraction of sp³-hybridized carbons (Fsp3) is 0.355. The average Bonchev–Trinajstić information content (AvgIpc) is 2.94. The SMILES string of the molecule is CCCCNC(=O)[C@@H](Cc1ccccc1)N(Cc1ccc(C)cc1)C(=O)CN(c1cccc(OC)c1)S(C)(=O)=O. The molecule has 8 nitrogen and oxygen atoms in total. The number of nitrogens with zero attached hydrogens (tertiary/aromatic N) is 2. The molecule has 0 aromatic heterocycles. The van der Waals surface area contributed by atoms with Gasteiger partial charge in [0.25, 0.3) is 0 Å². The Morgan fingerprint density at radius 3 is 2.27 bits per heavy atom. The normalized spacial score (nSPS) is 11.9. The lowest BCUT2D eigenvalue weighted by Crippen LogP contribution is -2.53. The number of amides is 2. The number of nitrogens with one attached hydrogen (secondary N) is 1. The molecule has 0 radical (unpaired) electrons. The number of sulfonamides is 1. The molecule has 0 saturated heterocycles. The molecule has 0 fully saturated rings. The topological polar surface area (TPSA) is 96.0 Å². The summed E-state index contributed by atoms with van der Waals surface area (Å²) >= 11 is 0. The number of aryl methyl sites for hydroxylation is 1. The van der Waals surface area contributed by atoms with Crippen LogP contribution in [0.5, 0.6) is 5.75 Å². The number of unbranched alkanes of at least 4 members (excludes halogenated alkanes) is 1. The first-order valence-electron chi connectivity index (χ1n) is 13.4. The summed E-state index contributed by atoms with van der Waals surface area (Å²) in [6.07, 6.45) is 3.07. The van der Waals surface area contributed by atoms with Gasteiger partial charge in [0, 0.05) is 25.6 Å². The maximum atomic E-state index is 14.1. The summed E-state index contributed by atoms with van der Waals surface area (Å²) in [7, 11) is -2.35. The fourth-order valence-corrected chi connectivity index (χ4v) is 5.17. The maximum Gasteiger partial charge on any atom is 0.244 e. The van der Waals surface area contributed by atoms with Gasteiger partial charge in [-0.3, -0.25) is 13.9 Å². The Morgan fingerprint density at radius 2 is 1.65 bits per heavy atom. The number of methoxy groups -OCH3 is 1. The third-order valence-electron chi connectivity index (χ3n) is 6.59. The van der Waals surface area contributed by atoms with Crippen LogP contribution in [-0.2, 0) is 32.6 Å². The van der Waals surface area contributed by atoms with E-state index in [0.717, 1.165) is 40.1 Å². The van der Waals surface area contributed by atoms with Crippen LogP contribution < -0.4 is 14.4 Å². The number of hydrogen-bond acceptors (Lipinski definition) is 5. The third-order valence-corrected chi connectivity index (χ3v) is 7.74. The first-order chi connectivity index (χ1) is 19.1. The molecule has 214 valence electrons. The van der Waals surface area contributed by atoms with Crippen molar-refractivity contribution in [2.75, 3.05) is 30.8 Å². The van der Waals surface area contributed by atoms with Gasteiger partial charge in [-0.15, -0.1) is 0 Å². The number of ether oxygens (including phenoxy) is 1. The monoisotopic (exact) mass is 565 g/mol. The van der Waals surface area contributed by atoms with Gasteiger partial charge in [-0.05, 0) is 36.6 Å². The maximum absolute atomic E-state index is 14.1. The van der Waals surface area contributed by atoms with Crippen molar-refractivity contribution in [2.24, 2.45) is 0 Å². The van der Waals surface area contributed by atoms with Crippen molar-refractivity contribution in [2.45, 2.75) is 45.7 Å². The minimum absolute atomic E-state index is 0.146. The summed E-state index contributed by atoms with van der Waals surface area (Å²) < 4.78 is 32.1. The number of benzene rings is 3. The number of hydrogen-bond donors (Lipinski definition) is 1. The van der Waals surface area contributed by atoms with Crippen LogP contribution in [0.2, 0.25) is 0 Å². The Bertz CT molecular complexity index is 1360. The van der Waals surface area contributed by atoms with Gasteiger partial charge in [0.15, 0.2) is 0 Å². The van der Waals surface area contributed by atoms with Crippen molar-refractivity contribution < 1.29 is 22.7 Å². The van der Waals surface area contributed by atoms with Crippen molar-refractivity contribution in [1.82, 2.24) is 10.2 Å². The highest BCUT2D eigenvalue weighted by Crippen LogP contribution is 2.24. The van der Waals surface area contributed by atoms with E-state index in [1.807, 2.05) is 68.4 Å².